The molecule has 0 atom stereocenters. The van der Waals surface area contributed by atoms with Crippen molar-refractivity contribution in [2.45, 2.75) is 0 Å². The molecule has 2 heterocycles. The lowest BCUT2D eigenvalue weighted by molar-refractivity contribution is 0.413. The first-order valence-electron chi connectivity index (χ1n) is 6.39. The standard InChI is InChI=1S/C13H12N4O5S/c1-21-10-5-7(22-23(2,19)20)3-4-8(10)12-14-9-6-11(18)16-17-13(9)15-12/h3-6H,1-2H3,(H,16,18)(H,14,15,17). The zero-order valence-electron chi connectivity index (χ0n) is 12.2. The number of nitrogens with one attached hydrogen (secondary N) is 2. The third kappa shape index (κ3) is 3.16. The van der Waals surface area contributed by atoms with E-state index in [1.165, 1.54) is 25.3 Å². The van der Waals surface area contributed by atoms with Crippen molar-refractivity contribution >= 4 is 21.3 Å². The Morgan fingerprint density at radius 1 is 1.22 bits per heavy atom. The largest absolute Gasteiger partial charge is 0.496 e. The molecule has 0 aliphatic rings. The fraction of sp³-hybridized carbons (Fsp3) is 0.154. The maximum atomic E-state index is 11.3. The molecule has 0 aliphatic heterocycles. The van der Waals surface area contributed by atoms with Crippen molar-refractivity contribution < 1.29 is 17.3 Å². The van der Waals surface area contributed by atoms with Crippen LogP contribution in [0.15, 0.2) is 29.1 Å². The first-order valence-corrected chi connectivity index (χ1v) is 8.21. The fourth-order valence-electron chi connectivity index (χ4n) is 2.06. The quantitative estimate of drug-likeness (QED) is 0.670. The van der Waals surface area contributed by atoms with E-state index in [-0.39, 0.29) is 11.3 Å². The average Bonchev–Trinajstić information content (AvgIpc) is 2.88. The van der Waals surface area contributed by atoms with Crippen LogP contribution in [0.2, 0.25) is 0 Å². The molecule has 0 saturated carbocycles. The van der Waals surface area contributed by atoms with Gasteiger partial charge in [-0.15, -0.1) is 0 Å². The number of aromatic amines is 2. The molecular weight excluding hydrogens is 324 g/mol. The van der Waals surface area contributed by atoms with Crippen molar-refractivity contribution in [1.82, 2.24) is 20.2 Å². The summed E-state index contributed by atoms with van der Waals surface area (Å²) in [6.45, 7) is 0. The second kappa shape index (κ2) is 5.39. The third-order valence-electron chi connectivity index (χ3n) is 2.93. The number of rotatable bonds is 4. The highest BCUT2D eigenvalue weighted by Gasteiger charge is 2.14. The topological polar surface area (TPSA) is 127 Å². The van der Waals surface area contributed by atoms with Gasteiger partial charge in [-0.1, -0.05) is 0 Å². The van der Waals surface area contributed by atoms with Crippen LogP contribution in [-0.2, 0) is 10.1 Å². The number of ether oxygens (including phenoxy) is 1. The summed E-state index contributed by atoms with van der Waals surface area (Å²) in [5.41, 5.74) is 1.04. The van der Waals surface area contributed by atoms with Crippen molar-refractivity contribution in [3.8, 4) is 22.9 Å². The predicted molar refractivity (Wildman–Crippen MR) is 82.0 cm³/mol. The van der Waals surface area contributed by atoms with E-state index >= 15 is 0 Å². The summed E-state index contributed by atoms with van der Waals surface area (Å²) in [6.07, 6.45) is 0.954. The number of hydrogen-bond donors (Lipinski definition) is 2. The Morgan fingerprint density at radius 2 is 2.00 bits per heavy atom. The monoisotopic (exact) mass is 336 g/mol. The highest BCUT2D eigenvalue weighted by molar-refractivity contribution is 7.86. The molecule has 3 rings (SSSR count). The number of aromatic nitrogens is 4. The molecule has 120 valence electrons. The molecule has 0 fully saturated rings. The lowest BCUT2D eigenvalue weighted by atomic mass is 10.2. The number of hydrogen-bond acceptors (Lipinski definition) is 7. The van der Waals surface area contributed by atoms with Gasteiger partial charge in [-0.2, -0.15) is 13.5 Å². The van der Waals surface area contributed by atoms with Gasteiger partial charge in [0.2, 0.25) is 0 Å². The molecule has 10 heteroatoms. The Labute approximate surface area is 130 Å². The van der Waals surface area contributed by atoms with Gasteiger partial charge in [-0.05, 0) is 12.1 Å². The highest BCUT2D eigenvalue weighted by atomic mass is 32.2. The van der Waals surface area contributed by atoms with Gasteiger partial charge in [0.25, 0.3) is 5.56 Å². The Bertz CT molecular complexity index is 1040. The predicted octanol–water partition coefficient (Wildman–Crippen LogP) is 0.660. The molecule has 2 aromatic heterocycles. The van der Waals surface area contributed by atoms with E-state index in [0.29, 0.717) is 28.3 Å². The smallest absolute Gasteiger partial charge is 0.306 e. The van der Waals surface area contributed by atoms with E-state index in [0.717, 1.165) is 6.26 Å². The van der Waals surface area contributed by atoms with Crippen LogP contribution in [0.3, 0.4) is 0 Å². The maximum absolute atomic E-state index is 11.3. The summed E-state index contributed by atoms with van der Waals surface area (Å²) in [7, 11) is -2.19. The first kappa shape index (κ1) is 15.0. The zero-order chi connectivity index (χ0) is 16.6. The molecule has 23 heavy (non-hydrogen) atoms. The molecule has 3 aromatic rings. The second-order valence-corrected chi connectivity index (χ2v) is 6.28. The van der Waals surface area contributed by atoms with Crippen LogP contribution in [0.5, 0.6) is 11.5 Å². The number of imidazole rings is 1. The Balaban J connectivity index is 2.08. The normalized spacial score (nSPS) is 11.6. The maximum Gasteiger partial charge on any atom is 0.306 e. The first-order chi connectivity index (χ1) is 10.9. The SMILES string of the molecule is COc1cc(OS(C)(=O)=O)ccc1-c1nc2n[nH]c(=O)cc2[nH]1. The van der Waals surface area contributed by atoms with E-state index in [2.05, 4.69) is 20.2 Å². The van der Waals surface area contributed by atoms with Crippen molar-refractivity contribution in [3.05, 3.63) is 34.6 Å². The van der Waals surface area contributed by atoms with Crippen molar-refractivity contribution in [2.75, 3.05) is 13.4 Å². The molecule has 0 unspecified atom stereocenters. The van der Waals surface area contributed by atoms with Crippen LogP contribution in [0.4, 0.5) is 0 Å². The van der Waals surface area contributed by atoms with Gasteiger partial charge >= 0.3 is 10.1 Å². The van der Waals surface area contributed by atoms with Crippen molar-refractivity contribution in [1.29, 1.82) is 0 Å². The van der Waals surface area contributed by atoms with Crippen LogP contribution in [0, 0.1) is 0 Å². The van der Waals surface area contributed by atoms with Crippen LogP contribution in [0.1, 0.15) is 0 Å². The summed E-state index contributed by atoms with van der Waals surface area (Å²) >= 11 is 0. The van der Waals surface area contributed by atoms with Gasteiger partial charge in [0.05, 0.1) is 24.4 Å². The lowest BCUT2D eigenvalue weighted by Crippen LogP contribution is -2.05. The molecule has 0 amide bonds. The summed E-state index contributed by atoms with van der Waals surface area (Å²) < 4.78 is 32.4. The van der Waals surface area contributed by atoms with E-state index in [1.54, 1.807) is 6.07 Å². The molecule has 9 nitrogen and oxygen atoms in total. The highest BCUT2D eigenvalue weighted by Crippen LogP contribution is 2.32. The molecule has 1 aromatic carbocycles. The van der Waals surface area contributed by atoms with Gasteiger partial charge in [-0.25, -0.2) is 10.1 Å². The molecule has 0 aliphatic carbocycles. The molecular formula is C13H12N4O5S. The summed E-state index contributed by atoms with van der Waals surface area (Å²) in [4.78, 5) is 18.5. The minimum Gasteiger partial charge on any atom is -0.496 e. The minimum absolute atomic E-state index is 0.123. The third-order valence-corrected chi connectivity index (χ3v) is 3.43. The van der Waals surface area contributed by atoms with Crippen LogP contribution >= 0.6 is 0 Å². The molecule has 0 bridgehead atoms. The lowest BCUT2D eigenvalue weighted by Gasteiger charge is -2.09. The molecule has 0 saturated heterocycles. The van der Waals surface area contributed by atoms with E-state index in [1.807, 2.05) is 0 Å². The van der Waals surface area contributed by atoms with Crippen molar-refractivity contribution in [2.24, 2.45) is 0 Å². The summed E-state index contributed by atoms with van der Waals surface area (Å²) in [5.74, 6) is 0.906. The number of benzene rings is 1. The second-order valence-electron chi connectivity index (χ2n) is 4.70. The number of fused-ring (bicyclic) bond motifs is 1. The van der Waals surface area contributed by atoms with Crippen molar-refractivity contribution in [3.63, 3.8) is 0 Å². The number of H-pyrrole nitrogens is 2. The fourth-order valence-corrected chi connectivity index (χ4v) is 2.51. The van der Waals surface area contributed by atoms with E-state index in [4.69, 9.17) is 8.92 Å². The van der Waals surface area contributed by atoms with Gasteiger partial charge in [-0.3, -0.25) is 4.79 Å². The van der Waals surface area contributed by atoms with E-state index < -0.39 is 10.1 Å². The van der Waals surface area contributed by atoms with Gasteiger partial charge in [0.1, 0.15) is 17.3 Å². The van der Waals surface area contributed by atoms with Crippen LogP contribution in [-0.4, -0.2) is 41.9 Å². The van der Waals surface area contributed by atoms with Crippen LogP contribution < -0.4 is 14.5 Å². The van der Waals surface area contributed by atoms with E-state index in [9.17, 15) is 13.2 Å². The summed E-state index contributed by atoms with van der Waals surface area (Å²) in [5, 5.41) is 6.12. The molecule has 0 spiro atoms. The minimum atomic E-state index is -3.63. The molecule has 2 N–H and O–H groups in total. The number of nitrogens with zero attached hydrogens (tertiary/aromatic N) is 2. The Kier molecular flexibility index (Phi) is 3.52. The zero-order valence-corrected chi connectivity index (χ0v) is 13.0. The average molecular weight is 336 g/mol. The Morgan fingerprint density at radius 3 is 2.70 bits per heavy atom. The Hall–Kier alpha value is -2.88. The van der Waals surface area contributed by atoms with Crippen LogP contribution in [0.25, 0.3) is 22.6 Å². The van der Waals surface area contributed by atoms with Gasteiger partial charge < -0.3 is 13.9 Å². The summed E-state index contributed by atoms with van der Waals surface area (Å²) in [6, 6.07) is 5.85. The van der Waals surface area contributed by atoms with Gasteiger partial charge in [0, 0.05) is 12.1 Å². The number of methoxy groups -OCH3 is 1. The molecule has 0 radical (unpaired) electrons. The van der Waals surface area contributed by atoms with Gasteiger partial charge in [0.15, 0.2) is 5.65 Å².